The second-order valence-corrected chi connectivity index (χ2v) is 4.40. The molecule has 2 rings (SSSR count). The zero-order chi connectivity index (χ0) is 15.4. The van der Waals surface area contributed by atoms with Gasteiger partial charge in [0.25, 0.3) is 5.56 Å². The van der Waals surface area contributed by atoms with Crippen LogP contribution >= 0.6 is 0 Å². The molecule has 0 fully saturated rings. The molecule has 0 aliphatic carbocycles. The summed E-state index contributed by atoms with van der Waals surface area (Å²) in [6, 6.07) is 7.76. The molecule has 0 aliphatic rings. The van der Waals surface area contributed by atoms with Crippen LogP contribution in [0.2, 0.25) is 0 Å². The summed E-state index contributed by atoms with van der Waals surface area (Å²) < 4.78 is 1.10. The van der Waals surface area contributed by atoms with E-state index in [4.69, 9.17) is 10.2 Å². The molecule has 7 nitrogen and oxygen atoms in total. The van der Waals surface area contributed by atoms with Crippen LogP contribution in [0.3, 0.4) is 0 Å². The number of aliphatic hydroxyl groups is 2. The Morgan fingerprint density at radius 3 is 2.62 bits per heavy atom. The molecule has 2 aromatic heterocycles. The van der Waals surface area contributed by atoms with Crippen molar-refractivity contribution in [1.29, 1.82) is 0 Å². The SMILES string of the molecule is O=C(O)c1ccc(-c2ccccn2)n(CC(O)CO)c1=O. The number of aromatic nitrogens is 2. The zero-order valence-corrected chi connectivity index (χ0v) is 11.0. The maximum atomic E-state index is 12.2. The number of aliphatic hydroxyl groups excluding tert-OH is 2. The molecule has 7 heteroatoms. The average molecular weight is 290 g/mol. The van der Waals surface area contributed by atoms with E-state index >= 15 is 0 Å². The fourth-order valence-electron chi connectivity index (χ4n) is 1.93. The van der Waals surface area contributed by atoms with E-state index in [1.807, 2.05) is 0 Å². The van der Waals surface area contributed by atoms with Crippen LogP contribution in [-0.4, -0.2) is 43.6 Å². The highest BCUT2D eigenvalue weighted by Crippen LogP contribution is 2.15. The number of nitrogens with zero attached hydrogens (tertiary/aromatic N) is 2. The summed E-state index contributed by atoms with van der Waals surface area (Å²) in [4.78, 5) is 27.4. The Kier molecular flexibility index (Phi) is 4.46. The lowest BCUT2D eigenvalue weighted by molar-refractivity contribution is 0.0688. The molecule has 0 aliphatic heterocycles. The summed E-state index contributed by atoms with van der Waals surface area (Å²) in [7, 11) is 0. The molecular weight excluding hydrogens is 276 g/mol. The van der Waals surface area contributed by atoms with Gasteiger partial charge in [-0.05, 0) is 24.3 Å². The molecule has 2 aromatic rings. The van der Waals surface area contributed by atoms with Gasteiger partial charge in [-0.25, -0.2) is 4.79 Å². The molecule has 0 bridgehead atoms. The van der Waals surface area contributed by atoms with E-state index in [2.05, 4.69) is 4.98 Å². The predicted molar refractivity (Wildman–Crippen MR) is 74.0 cm³/mol. The second kappa shape index (κ2) is 6.29. The number of hydrogen-bond acceptors (Lipinski definition) is 5. The van der Waals surface area contributed by atoms with Crippen molar-refractivity contribution in [2.45, 2.75) is 12.6 Å². The van der Waals surface area contributed by atoms with E-state index in [0.29, 0.717) is 11.4 Å². The Bertz CT molecular complexity index is 696. The topological polar surface area (TPSA) is 113 Å². The van der Waals surface area contributed by atoms with Crippen molar-refractivity contribution >= 4 is 5.97 Å². The molecule has 0 aromatic carbocycles. The van der Waals surface area contributed by atoms with Crippen LogP contribution in [0.5, 0.6) is 0 Å². The van der Waals surface area contributed by atoms with Gasteiger partial charge in [-0.1, -0.05) is 6.07 Å². The molecule has 0 saturated carbocycles. The van der Waals surface area contributed by atoms with Gasteiger partial charge in [0.15, 0.2) is 0 Å². The number of pyridine rings is 2. The summed E-state index contributed by atoms with van der Waals surface area (Å²) in [5, 5.41) is 27.5. The van der Waals surface area contributed by atoms with Gasteiger partial charge in [-0.2, -0.15) is 0 Å². The summed E-state index contributed by atoms with van der Waals surface area (Å²) >= 11 is 0. The van der Waals surface area contributed by atoms with E-state index in [-0.39, 0.29) is 6.54 Å². The first-order valence-electron chi connectivity index (χ1n) is 6.22. The van der Waals surface area contributed by atoms with Crippen molar-refractivity contribution in [3.05, 3.63) is 52.4 Å². The van der Waals surface area contributed by atoms with Crippen molar-refractivity contribution in [2.24, 2.45) is 0 Å². The quantitative estimate of drug-likeness (QED) is 0.712. The molecular formula is C14H14N2O5. The molecule has 0 amide bonds. The van der Waals surface area contributed by atoms with Gasteiger partial charge in [0.2, 0.25) is 0 Å². The summed E-state index contributed by atoms with van der Waals surface area (Å²) in [5.74, 6) is -1.35. The maximum absolute atomic E-state index is 12.2. The van der Waals surface area contributed by atoms with E-state index in [9.17, 15) is 14.7 Å². The molecule has 0 saturated heterocycles. The average Bonchev–Trinajstić information content (AvgIpc) is 2.49. The van der Waals surface area contributed by atoms with Gasteiger partial charge < -0.3 is 19.9 Å². The van der Waals surface area contributed by atoms with Gasteiger partial charge in [-0.3, -0.25) is 9.78 Å². The van der Waals surface area contributed by atoms with Crippen molar-refractivity contribution < 1.29 is 20.1 Å². The van der Waals surface area contributed by atoms with Crippen LogP contribution in [0.25, 0.3) is 11.4 Å². The Hall–Kier alpha value is -2.51. The van der Waals surface area contributed by atoms with Crippen molar-refractivity contribution in [3.8, 4) is 11.4 Å². The number of rotatable bonds is 5. The minimum Gasteiger partial charge on any atom is -0.477 e. The third-order valence-electron chi connectivity index (χ3n) is 2.94. The minimum absolute atomic E-state index is 0.220. The summed E-state index contributed by atoms with van der Waals surface area (Å²) in [6.07, 6.45) is 0.367. The van der Waals surface area contributed by atoms with E-state index < -0.39 is 29.8 Å². The Morgan fingerprint density at radius 1 is 1.29 bits per heavy atom. The third kappa shape index (κ3) is 3.15. The van der Waals surface area contributed by atoms with Crippen molar-refractivity contribution in [3.63, 3.8) is 0 Å². The standard InChI is InChI=1S/C14H14N2O5/c17-8-9(18)7-16-12(11-3-1-2-6-15-11)5-4-10(13(16)19)14(20)21/h1-6,9,17-18H,7-8H2,(H,20,21). The highest BCUT2D eigenvalue weighted by molar-refractivity contribution is 5.87. The minimum atomic E-state index is -1.35. The van der Waals surface area contributed by atoms with Crippen molar-refractivity contribution in [2.75, 3.05) is 6.61 Å². The maximum Gasteiger partial charge on any atom is 0.341 e. The number of aromatic carboxylic acids is 1. The first-order chi connectivity index (χ1) is 10.0. The van der Waals surface area contributed by atoms with Crippen LogP contribution in [0.1, 0.15) is 10.4 Å². The van der Waals surface area contributed by atoms with E-state index in [0.717, 1.165) is 4.57 Å². The zero-order valence-electron chi connectivity index (χ0n) is 11.0. The number of carboxylic acids is 1. The highest BCUT2D eigenvalue weighted by Gasteiger charge is 2.17. The second-order valence-electron chi connectivity index (χ2n) is 4.40. The molecule has 2 heterocycles. The van der Waals surface area contributed by atoms with Crippen LogP contribution in [0.15, 0.2) is 41.3 Å². The van der Waals surface area contributed by atoms with Gasteiger partial charge in [0, 0.05) is 6.20 Å². The van der Waals surface area contributed by atoms with Gasteiger partial charge in [-0.15, -0.1) is 0 Å². The normalized spacial score (nSPS) is 12.1. The van der Waals surface area contributed by atoms with Gasteiger partial charge in [0.05, 0.1) is 30.6 Å². The van der Waals surface area contributed by atoms with E-state index in [1.54, 1.807) is 18.2 Å². The lowest BCUT2D eigenvalue weighted by Gasteiger charge is -2.15. The van der Waals surface area contributed by atoms with Crippen molar-refractivity contribution in [1.82, 2.24) is 9.55 Å². The monoisotopic (exact) mass is 290 g/mol. The van der Waals surface area contributed by atoms with Crippen LogP contribution in [0.4, 0.5) is 0 Å². The molecule has 3 N–H and O–H groups in total. The first kappa shape index (κ1) is 14.9. The smallest absolute Gasteiger partial charge is 0.341 e. The fourth-order valence-corrected chi connectivity index (χ4v) is 1.93. The third-order valence-corrected chi connectivity index (χ3v) is 2.94. The van der Waals surface area contributed by atoms with Crippen LogP contribution in [0, 0.1) is 0 Å². The Morgan fingerprint density at radius 2 is 2.05 bits per heavy atom. The van der Waals surface area contributed by atoms with Crippen LogP contribution in [-0.2, 0) is 6.54 Å². The molecule has 1 unspecified atom stereocenters. The van der Waals surface area contributed by atoms with Gasteiger partial charge in [0.1, 0.15) is 5.56 Å². The molecule has 0 radical (unpaired) electrons. The number of hydrogen-bond donors (Lipinski definition) is 3. The van der Waals surface area contributed by atoms with Crippen LogP contribution < -0.4 is 5.56 Å². The predicted octanol–water partition coefficient (Wildman–Crippen LogP) is -0.0383. The largest absolute Gasteiger partial charge is 0.477 e. The first-order valence-corrected chi connectivity index (χ1v) is 6.22. The molecule has 0 spiro atoms. The van der Waals surface area contributed by atoms with E-state index in [1.165, 1.54) is 18.3 Å². The molecule has 1 atom stereocenters. The highest BCUT2D eigenvalue weighted by atomic mass is 16.4. The number of carbonyl (C=O) groups is 1. The molecule has 21 heavy (non-hydrogen) atoms. The van der Waals surface area contributed by atoms with Gasteiger partial charge >= 0.3 is 5.97 Å². The lowest BCUT2D eigenvalue weighted by atomic mass is 10.1. The lowest BCUT2D eigenvalue weighted by Crippen LogP contribution is -2.32. The Labute approximate surface area is 119 Å². The number of carboxylic acid groups (broad SMARTS) is 1. The fraction of sp³-hybridized carbons (Fsp3) is 0.214. The summed E-state index contributed by atoms with van der Waals surface area (Å²) in [6.45, 7) is -0.756. The Balaban J connectivity index is 2.62. The molecule has 110 valence electrons. The summed E-state index contributed by atoms with van der Waals surface area (Å²) in [5.41, 5.74) is -0.312.